The molecule has 0 saturated heterocycles. The Balaban J connectivity index is 4.83. The Morgan fingerprint density at radius 2 is 0.667 bits per heavy atom. The summed E-state index contributed by atoms with van der Waals surface area (Å²) in [6.07, 6.45) is 7.94. The fraction of sp³-hybridized carbons (Fsp3) is 1.00. The molecule has 0 heterocycles. The van der Waals surface area contributed by atoms with Crippen molar-refractivity contribution in [2.45, 2.75) is 118 Å². The van der Waals surface area contributed by atoms with Gasteiger partial charge in [0, 0.05) is 62.2 Å². The molecule has 0 aromatic carbocycles. The summed E-state index contributed by atoms with van der Waals surface area (Å²) in [6.45, 7) is 21.6. The first-order valence-corrected chi connectivity index (χ1v) is 20.6. The average molecular weight is 587 g/mol. The maximum absolute atomic E-state index is 6.33. The van der Waals surface area contributed by atoms with E-state index in [0.29, 0.717) is 50.7 Å². The normalized spacial score (nSPS) is 14.3. The van der Waals surface area contributed by atoms with E-state index in [4.69, 9.17) is 26.6 Å². The lowest BCUT2D eigenvalue weighted by Crippen LogP contribution is -2.50. The van der Waals surface area contributed by atoms with E-state index in [-0.39, 0.29) is 0 Å². The Bertz CT molecular complexity index is 408. The van der Waals surface area contributed by atoms with Crippen LogP contribution in [0.25, 0.3) is 0 Å². The summed E-state index contributed by atoms with van der Waals surface area (Å²) in [6, 6.07) is 0. The summed E-state index contributed by atoms with van der Waals surface area (Å²) in [5.74, 6) is 2.12. The van der Waals surface area contributed by atoms with Crippen LogP contribution in [0, 0.1) is 0 Å². The van der Waals surface area contributed by atoms with Gasteiger partial charge in [0.05, 0.1) is 0 Å². The molecule has 0 bridgehead atoms. The molecule has 0 fully saturated rings. The standard InChI is InChI=1S/C26H58O6S2Si2/c1-9-17-27-35(28-18-10-2,29-19-11-3)25(7)15-23-33-34-24-16-26(8)36(30-20-12-4,31-21-13-5)32-22-14-6/h25-26H,9-24H2,1-8H3. The van der Waals surface area contributed by atoms with Gasteiger partial charge in [-0.05, 0) is 51.4 Å². The third-order valence-electron chi connectivity index (χ3n) is 5.60. The minimum atomic E-state index is -2.68. The van der Waals surface area contributed by atoms with Gasteiger partial charge < -0.3 is 26.6 Å². The van der Waals surface area contributed by atoms with Crippen LogP contribution in [0.5, 0.6) is 0 Å². The second-order valence-corrected chi connectivity index (χ2v) is 18.1. The topological polar surface area (TPSA) is 55.4 Å². The van der Waals surface area contributed by atoms with Crippen LogP contribution in [0.1, 0.15) is 107 Å². The van der Waals surface area contributed by atoms with Crippen LogP contribution in [0.3, 0.4) is 0 Å². The van der Waals surface area contributed by atoms with Crippen molar-refractivity contribution < 1.29 is 26.6 Å². The molecule has 0 aromatic heterocycles. The van der Waals surface area contributed by atoms with Crippen LogP contribution in [0.4, 0.5) is 0 Å². The van der Waals surface area contributed by atoms with Gasteiger partial charge in [-0.2, -0.15) is 0 Å². The van der Waals surface area contributed by atoms with Crippen molar-refractivity contribution >= 4 is 39.2 Å². The molecule has 2 unspecified atom stereocenters. The zero-order valence-electron chi connectivity index (χ0n) is 24.7. The highest BCUT2D eigenvalue weighted by Gasteiger charge is 2.48. The minimum absolute atomic E-state index is 0.293. The average Bonchev–Trinajstić information content (AvgIpc) is 2.89. The van der Waals surface area contributed by atoms with Gasteiger partial charge in [0.25, 0.3) is 0 Å². The van der Waals surface area contributed by atoms with Gasteiger partial charge in [0.2, 0.25) is 0 Å². The third-order valence-corrected chi connectivity index (χ3v) is 14.7. The molecule has 0 aliphatic rings. The molecule has 218 valence electrons. The fourth-order valence-corrected chi connectivity index (χ4v) is 12.5. The number of rotatable bonds is 27. The molecule has 0 spiro atoms. The quantitative estimate of drug-likeness (QED) is 0.0540. The lowest BCUT2D eigenvalue weighted by molar-refractivity contribution is 0.0500. The van der Waals surface area contributed by atoms with Crippen molar-refractivity contribution in [2.75, 3.05) is 51.1 Å². The van der Waals surface area contributed by atoms with E-state index in [1.54, 1.807) is 0 Å². The summed E-state index contributed by atoms with van der Waals surface area (Å²) in [5.41, 5.74) is 0.586. The molecule has 0 aliphatic heterocycles. The zero-order valence-corrected chi connectivity index (χ0v) is 28.4. The maximum atomic E-state index is 6.33. The number of hydrogen-bond donors (Lipinski definition) is 0. The van der Waals surface area contributed by atoms with Gasteiger partial charge in [-0.15, -0.1) is 0 Å². The molecule has 0 amide bonds. The molecule has 6 nitrogen and oxygen atoms in total. The van der Waals surface area contributed by atoms with Crippen LogP contribution in [0.2, 0.25) is 11.1 Å². The van der Waals surface area contributed by atoms with E-state index in [1.165, 1.54) is 0 Å². The van der Waals surface area contributed by atoms with E-state index in [1.807, 2.05) is 21.6 Å². The van der Waals surface area contributed by atoms with E-state index in [2.05, 4.69) is 55.4 Å². The zero-order chi connectivity index (χ0) is 27.1. The first-order chi connectivity index (χ1) is 17.4. The van der Waals surface area contributed by atoms with Gasteiger partial charge in [-0.25, -0.2) is 0 Å². The van der Waals surface area contributed by atoms with Crippen LogP contribution in [-0.2, 0) is 26.6 Å². The predicted molar refractivity (Wildman–Crippen MR) is 162 cm³/mol. The van der Waals surface area contributed by atoms with Crippen molar-refractivity contribution in [3.63, 3.8) is 0 Å². The summed E-state index contributed by atoms with van der Waals surface area (Å²) >= 11 is 0. The lowest BCUT2D eigenvalue weighted by Gasteiger charge is -2.34. The van der Waals surface area contributed by atoms with E-state index < -0.39 is 17.6 Å². The van der Waals surface area contributed by atoms with Crippen LogP contribution in [-0.4, -0.2) is 68.8 Å². The molecule has 36 heavy (non-hydrogen) atoms. The summed E-state index contributed by atoms with van der Waals surface area (Å²) in [5, 5.41) is 0. The van der Waals surface area contributed by atoms with Crippen molar-refractivity contribution in [2.24, 2.45) is 0 Å². The van der Waals surface area contributed by atoms with E-state index >= 15 is 0 Å². The predicted octanol–water partition coefficient (Wildman–Crippen LogP) is 8.37. The van der Waals surface area contributed by atoms with Crippen molar-refractivity contribution in [1.29, 1.82) is 0 Å². The second-order valence-electron chi connectivity index (χ2n) is 9.32. The second kappa shape index (κ2) is 23.8. The van der Waals surface area contributed by atoms with Crippen molar-refractivity contribution in [1.82, 2.24) is 0 Å². The van der Waals surface area contributed by atoms with E-state index in [9.17, 15) is 0 Å². The van der Waals surface area contributed by atoms with Crippen LogP contribution < -0.4 is 0 Å². The summed E-state index contributed by atoms with van der Waals surface area (Å²) in [7, 11) is -1.48. The molecule has 10 heteroatoms. The molecule has 0 aromatic rings. The Morgan fingerprint density at radius 1 is 0.444 bits per heavy atom. The molecule has 0 saturated carbocycles. The van der Waals surface area contributed by atoms with E-state index in [0.717, 1.165) is 62.9 Å². The Kier molecular flexibility index (Phi) is 24.3. The highest BCUT2D eigenvalue weighted by Crippen LogP contribution is 2.36. The molecule has 0 radical (unpaired) electrons. The molecule has 2 atom stereocenters. The third kappa shape index (κ3) is 14.9. The Hall–Kier alpha value is 0.894. The van der Waals surface area contributed by atoms with Crippen molar-refractivity contribution in [3.05, 3.63) is 0 Å². The number of hydrogen-bond acceptors (Lipinski definition) is 8. The first-order valence-electron chi connectivity index (χ1n) is 14.5. The first kappa shape index (κ1) is 36.9. The summed E-state index contributed by atoms with van der Waals surface area (Å²) in [4.78, 5) is 0. The SMILES string of the molecule is CCCO[Si](OCCC)(OCCC)C(C)CCSSCCC(C)[Si](OCCC)(OCCC)OCCC. The minimum Gasteiger partial charge on any atom is -0.373 e. The highest BCUT2D eigenvalue weighted by atomic mass is 33.1. The lowest BCUT2D eigenvalue weighted by atomic mass is 10.4. The monoisotopic (exact) mass is 586 g/mol. The molecular weight excluding hydrogens is 529 g/mol. The van der Waals surface area contributed by atoms with Crippen LogP contribution >= 0.6 is 21.6 Å². The fourth-order valence-electron chi connectivity index (χ4n) is 3.49. The largest absolute Gasteiger partial charge is 0.503 e. The van der Waals surface area contributed by atoms with Gasteiger partial charge in [-0.1, -0.05) is 77.0 Å². The van der Waals surface area contributed by atoms with Crippen molar-refractivity contribution in [3.8, 4) is 0 Å². The maximum Gasteiger partial charge on any atom is 0.503 e. The van der Waals surface area contributed by atoms with Gasteiger partial charge in [0.1, 0.15) is 0 Å². The molecule has 0 aliphatic carbocycles. The molecular formula is C26H58O6S2Si2. The Labute approximate surface area is 234 Å². The Morgan fingerprint density at radius 3 is 0.861 bits per heavy atom. The highest BCUT2D eigenvalue weighted by molar-refractivity contribution is 8.76. The van der Waals surface area contributed by atoms with Gasteiger partial charge >= 0.3 is 17.6 Å². The summed E-state index contributed by atoms with van der Waals surface area (Å²) < 4.78 is 38.0. The van der Waals surface area contributed by atoms with Crippen LogP contribution in [0.15, 0.2) is 0 Å². The molecule has 0 rings (SSSR count). The molecule has 0 N–H and O–H groups in total. The van der Waals surface area contributed by atoms with Gasteiger partial charge in [0.15, 0.2) is 0 Å². The van der Waals surface area contributed by atoms with Gasteiger partial charge in [-0.3, -0.25) is 0 Å². The smallest absolute Gasteiger partial charge is 0.373 e.